The smallest absolute Gasteiger partial charge is 0.292 e. The largest absolute Gasteiger partial charge is 0.463 e. The lowest BCUT2D eigenvalue weighted by Crippen LogP contribution is -2.14. The molecule has 0 bridgehead atoms. The Morgan fingerprint density at radius 2 is 2.24 bits per heavy atom. The maximum atomic E-state index is 12.3. The van der Waals surface area contributed by atoms with Gasteiger partial charge in [-0.3, -0.25) is 4.79 Å². The first kappa shape index (κ1) is 15.9. The molecule has 0 saturated carbocycles. The van der Waals surface area contributed by atoms with Gasteiger partial charge < -0.3 is 14.2 Å². The number of anilines is 1. The summed E-state index contributed by atoms with van der Waals surface area (Å²) >= 11 is 4.58. The van der Waals surface area contributed by atoms with Crippen molar-refractivity contribution in [3.8, 4) is 16.6 Å². The Bertz CT molecular complexity index is 1030. The van der Waals surface area contributed by atoms with Crippen molar-refractivity contribution in [1.29, 1.82) is 0 Å². The third-order valence-corrected chi connectivity index (χ3v) is 4.56. The van der Waals surface area contributed by atoms with E-state index in [9.17, 15) is 4.79 Å². The van der Waals surface area contributed by atoms with E-state index in [2.05, 4.69) is 31.3 Å². The lowest BCUT2D eigenvalue weighted by atomic mass is 10.4. The number of furan rings is 2. The fourth-order valence-corrected chi connectivity index (χ4v) is 3.33. The summed E-state index contributed by atoms with van der Waals surface area (Å²) in [6.45, 7) is 1.84. The molecule has 0 aliphatic carbocycles. The second-order valence-corrected chi connectivity index (χ2v) is 6.75. The van der Waals surface area contributed by atoms with E-state index >= 15 is 0 Å². The van der Waals surface area contributed by atoms with E-state index in [1.165, 1.54) is 11.3 Å². The summed E-state index contributed by atoms with van der Waals surface area (Å²) in [4.78, 5) is 16.8. The molecular formula is C16H11BrN4O3S. The van der Waals surface area contributed by atoms with Crippen LogP contribution in [0.1, 0.15) is 16.2 Å². The van der Waals surface area contributed by atoms with Gasteiger partial charge in [0.2, 0.25) is 5.13 Å². The van der Waals surface area contributed by atoms with Gasteiger partial charge in [-0.25, -0.2) is 4.98 Å². The van der Waals surface area contributed by atoms with Crippen LogP contribution in [0.4, 0.5) is 5.82 Å². The minimum atomic E-state index is -0.366. The zero-order valence-electron chi connectivity index (χ0n) is 12.9. The molecule has 1 amide bonds. The highest BCUT2D eigenvalue weighted by Crippen LogP contribution is 2.27. The third kappa shape index (κ3) is 3.15. The van der Waals surface area contributed by atoms with Crippen molar-refractivity contribution in [2.75, 3.05) is 5.32 Å². The normalized spacial score (nSPS) is 11.0. The number of carbonyl (C=O) groups excluding carboxylic acids is 1. The number of carbonyl (C=O) groups is 1. The lowest BCUT2D eigenvalue weighted by Gasteiger charge is -2.04. The minimum Gasteiger partial charge on any atom is -0.463 e. The Kier molecular flexibility index (Phi) is 4.02. The van der Waals surface area contributed by atoms with Crippen LogP contribution in [0.3, 0.4) is 0 Å². The molecule has 0 saturated heterocycles. The average molecular weight is 419 g/mol. The van der Waals surface area contributed by atoms with Gasteiger partial charge in [-0.15, -0.1) is 11.3 Å². The molecule has 126 valence electrons. The molecule has 4 heterocycles. The van der Waals surface area contributed by atoms with Crippen LogP contribution >= 0.6 is 27.3 Å². The Morgan fingerprint density at radius 3 is 2.96 bits per heavy atom. The van der Waals surface area contributed by atoms with Crippen molar-refractivity contribution in [3.63, 3.8) is 0 Å². The van der Waals surface area contributed by atoms with E-state index in [-0.39, 0.29) is 11.7 Å². The van der Waals surface area contributed by atoms with E-state index in [4.69, 9.17) is 8.83 Å². The third-order valence-electron chi connectivity index (χ3n) is 3.32. The Labute approximate surface area is 154 Å². The van der Waals surface area contributed by atoms with Crippen LogP contribution in [0.25, 0.3) is 16.6 Å². The number of amides is 1. The summed E-state index contributed by atoms with van der Waals surface area (Å²) in [5.41, 5.74) is 1.47. The van der Waals surface area contributed by atoms with Crippen LogP contribution in [-0.4, -0.2) is 20.7 Å². The van der Waals surface area contributed by atoms with E-state index < -0.39 is 0 Å². The first-order valence-corrected chi connectivity index (χ1v) is 8.90. The molecule has 0 radical (unpaired) electrons. The van der Waals surface area contributed by atoms with Crippen LogP contribution in [0.15, 0.2) is 55.5 Å². The molecule has 0 aliphatic heterocycles. The number of nitrogens with zero attached hydrogens (tertiary/aromatic N) is 3. The van der Waals surface area contributed by atoms with Crippen molar-refractivity contribution < 1.29 is 13.6 Å². The molecule has 7 nitrogen and oxygen atoms in total. The molecule has 0 fully saturated rings. The molecule has 0 spiro atoms. The maximum Gasteiger partial charge on any atom is 0.292 e. The van der Waals surface area contributed by atoms with Gasteiger partial charge in [0.1, 0.15) is 11.5 Å². The summed E-state index contributed by atoms with van der Waals surface area (Å²) in [6.07, 6.45) is 1.60. The van der Waals surface area contributed by atoms with E-state index in [0.717, 1.165) is 5.69 Å². The summed E-state index contributed by atoms with van der Waals surface area (Å²) < 4.78 is 12.7. The lowest BCUT2D eigenvalue weighted by molar-refractivity contribution is 0.0994. The van der Waals surface area contributed by atoms with Crippen molar-refractivity contribution in [1.82, 2.24) is 14.8 Å². The maximum absolute atomic E-state index is 12.3. The van der Waals surface area contributed by atoms with Crippen molar-refractivity contribution in [2.45, 2.75) is 6.92 Å². The summed E-state index contributed by atoms with van der Waals surface area (Å²) in [5, 5.41) is 9.70. The molecule has 1 N–H and O–H groups in total. The molecule has 0 atom stereocenters. The van der Waals surface area contributed by atoms with Crippen LogP contribution < -0.4 is 5.32 Å². The number of aryl methyl sites for hydroxylation is 1. The van der Waals surface area contributed by atoms with Gasteiger partial charge in [-0.2, -0.15) is 9.78 Å². The quantitative estimate of drug-likeness (QED) is 0.526. The highest BCUT2D eigenvalue weighted by Gasteiger charge is 2.17. The second kappa shape index (κ2) is 6.34. The minimum absolute atomic E-state index is 0.202. The predicted molar refractivity (Wildman–Crippen MR) is 96.0 cm³/mol. The van der Waals surface area contributed by atoms with Gasteiger partial charge in [0, 0.05) is 11.4 Å². The van der Waals surface area contributed by atoms with Crippen LogP contribution in [0.5, 0.6) is 0 Å². The molecule has 0 aromatic carbocycles. The summed E-state index contributed by atoms with van der Waals surface area (Å²) in [6, 6.07) is 8.66. The Morgan fingerprint density at radius 1 is 1.36 bits per heavy atom. The zero-order chi connectivity index (χ0) is 17.4. The van der Waals surface area contributed by atoms with Crippen molar-refractivity contribution in [3.05, 3.63) is 58.1 Å². The molecule has 0 unspecified atom stereocenters. The number of rotatable bonds is 4. The standard InChI is InChI=1S/C16H11BrN4O3S/c1-9-7-14(19-15(22)12-4-5-13(17)24-12)21(20-9)16-18-10(8-25-16)11-3-2-6-23-11/h2-8H,1H3,(H,19,22). The summed E-state index contributed by atoms with van der Waals surface area (Å²) in [5.74, 6) is 1.02. The molecule has 9 heteroatoms. The van der Waals surface area contributed by atoms with Gasteiger partial charge in [0.25, 0.3) is 5.91 Å². The highest BCUT2D eigenvalue weighted by molar-refractivity contribution is 9.10. The average Bonchev–Trinajstić information content (AvgIpc) is 3.33. The number of thiazole rings is 1. The number of hydrogen-bond donors (Lipinski definition) is 1. The molecule has 4 aromatic heterocycles. The van der Waals surface area contributed by atoms with E-state index in [1.807, 2.05) is 18.4 Å². The van der Waals surface area contributed by atoms with Crippen LogP contribution in [-0.2, 0) is 0 Å². The van der Waals surface area contributed by atoms with Crippen molar-refractivity contribution in [2.24, 2.45) is 0 Å². The Balaban J connectivity index is 1.64. The van der Waals surface area contributed by atoms with E-state index in [0.29, 0.717) is 27.1 Å². The number of nitrogens with one attached hydrogen (secondary N) is 1. The first-order chi connectivity index (χ1) is 12.1. The summed E-state index contributed by atoms with van der Waals surface area (Å²) in [7, 11) is 0. The molecular weight excluding hydrogens is 408 g/mol. The topological polar surface area (TPSA) is 86.1 Å². The fraction of sp³-hybridized carbons (Fsp3) is 0.0625. The highest BCUT2D eigenvalue weighted by atomic mass is 79.9. The predicted octanol–water partition coefficient (Wildman–Crippen LogP) is 4.51. The van der Waals surface area contributed by atoms with Gasteiger partial charge in [0.15, 0.2) is 16.2 Å². The van der Waals surface area contributed by atoms with Gasteiger partial charge in [-0.05, 0) is 47.1 Å². The van der Waals surface area contributed by atoms with Gasteiger partial charge in [0.05, 0.1) is 12.0 Å². The van der Waals surface area contributed by atoms with Gasteiger partial charge in [-0.1, -0.05) is 0 Å². The SMILES string of the molecule is Cc1cc(NC(=O)c2ccc(Br)o2)n(-c2nc(-c3ccco3)cs2)n1. The molecule has 0 aliphatic rings. The molecule has 4 aromatic rings. The molecule has 25 heavy (non-hydrogen) atoms. The van der Waals surface area contributed by atoms with Crippen molar-refractivity contribution >= 4 is 39.0 Å². The zero-order valence-corrected chi connectivity index (χ0v) is 15.3. The number of aromatic nitrogens is 3. The first-order valence-electron chi connectivity index (χ1n) is 7.23. The number of halogens is 1. The van der Waals surface area contributed by atoms with E-state index in [1.54, 1.807) is 35.2 Å². The second-order valence-electron chi connectivity index (χ2n) is 5.13. The van der Waals surface area contributed by atoms with Gasteiger partial charge >= 0.3 is 0 Å². The Hall–Kier alpha value is -2.65. The fourth-order valence-electron chi connectivity index (χ4n) is 2.25. The van der Waals surface area contributed by atoms with Crippen LogP contribution in [0, 0.1) is 6.92 Å². The monoisotopic (exact) mass is 418 g/mol. The number of hydrogen-bond acceptors (Lipinski definition) is 6. The molecule has 4 rings (SSSR count). The van der Waals surface area contributed by atoms with Crippen LogP contribution in [0.2, 0.25) is 0 Å².